The quantitative estimate of drug-likeness (QED) is 0.668. The minimum absolute atomic E-state index is 0.176. The fraction of sp³-hybridized carbons (Fsp3) is 0.750. The topological polar surface area (TPSA) is 35.6 Å². The van der Waals surface area contributed by atoms with Crippen molar-refractivity contribution in [1.82, 2.24) is 15.1 Å². The highest BCUT2D eigenvalue weighted by molar-refractivity contribution is 5.77. The molecule has 0 aromatic heterocycles. The van der Waals surface area contributed by atoms with E-state index in [1.807, 2.05) is 0 Å². The Balaban J connectivity index is 2.22. The third-order valence-electron chi connectivity index (χ3n) is 2.94. The van der Waals surface area contributed by atoms with E-state index in [0.29, 0.717) is 19.1 Å². The highest BCUT2D eigenvalue weighted by atomic mass is 16.2. The molecular weight excluding hydrogens is 202 g/mol. The van der Waals surface area contributed by atoms with Gasteiger partial charge in [0.2, 0.25) is 5.91 Å². The monoisotopic (exact) mass is 223 g/mol. The highest BCUT2D eigenvalue weighted by Crippen LogP contribution is 2.09. The van der Waals surface area contributed by atoms with Crippen LogP contribution in [0.25, 0.3) is 0 Å². The van der Waals surface area contributed by atoms with E-state index in [1.165, 1.54) is 0 Å². The number of terminal acetylenes is 1. The fourth-order valence-electron chi connectivity index (χ4n) is 1.83. The molecule has 1 amide bonds. The van der Waals surface area contributed by atoms with Gasteiger partial charge in [0.25, 0.3) is 0 Å². The van der Waals surface area contributed by atoms with Gasteiger partial charge in [-0.2, -0.15) is 0 Å². The van der Waals surface area contributed by atoms with Gasteiger partial charge in [0.1, 0.15) is 0 Å². The van der Waals surface area contributed by atoms with Gasteiger partial charge in [-0.25, -0.2) is 0 Å². The highest BCUT2D eigenvalue weighted by Gasteiger charge is 2.20. The van der Waals surface area contributed by atoms with Gasteiger partial charge >= 0.3 is 0 Å². The van der Waals surface area contributed by atoms with Crippen molar-refractivity contribution in [3.63, 3.8) is 0 Å². The van der Waals surface area contributed by atoms with Crippen molar-refractivity contribution in [1.29, 1.82) is 0 Å². The second-order valence-electron chi connectivity index (χ2n) is 4.42. The summed E-state index contributed by atoms with van der Waals surface area (Å²) in [7, 11) is 3.59. The van der Waals surface area contributed by atoms with Crippen molar-refractivity contribution in [2.75, 3.05) is 40.3 Å². The lowest BCUT2D eigenvalue weighted by molar-refractivity contribution is -0.130. The summed E-state index contributed by atoms with van der Waals surface area (Å²) in [6.07, 6.45) is 7.34. The molecule has 4 nitrogen and oxygen atoms in total. The summed E-state index contributed by atoms with van der Waals surface area (Å²) in [6, 6.07) is 0.516. The van der Waals surface area contributed by atoms with Crippen LogP contribution in [-0.4, -0.2) is 62.0 Å². The Kier molecular flexibility index (Phi) is 5.30. The first-order valence-corrected chi connectivity index (χ1v) is 5.73. The maximum atomic E-state index is 11.5. The molecule has 4 heteroatoms. The lowest BCUT2D eigenvalue weighted by atomic mass is 10.1. The normalized spacial score (nSPS) is 18.1. The van der Waals surface area contributed by atoms with Crippen LogP contribution in [0.15, 0.2) is 0 Å². The van der Waals surface area contributed by atoms with Crippen LogP contribution in [0.2, 0.25) is 0 Å². The molecule has 0 spiro atoms. The first kappa shape index (κ1) is 13.0. The van der Waals surface area contributed by atoms with E-state index >= 15 is 0 Å². The molecule has 0 aromatic rings. The van der Waals surface area contributed by atoms with Crippen molar-refractivity contribution in [3.05, 3.63) is 0 Å². The molecule has 90 valence electrons. The summed E-state index contributed by atoms with van der Waals surface area (Å²) < 4.78 is 0. The van der Waals surface area contributed by atoms with Gasteiger partial charge in [-0.1, -0.05) is 5.92 Å². The zero-order valence-corrected chi connectivity index (χ0v) is 10.2. The average molecular weight is 223 g/mol. The van der Waals surface area contributed by atoms with Gasteiger partial charge in [0, 0.05) is 33.2 Å². The predicted molar refractivity (Wildman–Crippen MR) is 65.0 cm³/mol. The second-order valence-corrected chi connectivity index (χ2v) is 4.42. The standard InChI is InChI=1S/C12H21N3O/c1-4-7-13-11-5-8-15(9-6-11)10-12(16)14(2)3/h1,11,13H,5-10H2,2-3H3. The Morgan fingerprint density at radius 1 is 1.50 bits per heavy atom. The first-order chi connectivity index (χ1) is 7.63. The molecule has 1 heterocycles. The van der Waals surface area contributed by atoms with E-state index in [2.05, 4.69) is 16.1 Å². The predicted octanol–water partition coefficient (Wildman–Crippen LogP) is -0.238. The molecule has 1 rings (SSSR count). The molecule has 0 unspecified atom stereocenters. The van der Waals surface area contributed by atoms with E-state index in [1.54, 1.807) is 19.0 Å². The van der Waals surface area contributed by atoms with Crippen molar-refractivity contribution in [2.24, 2.45) is 0 Å². The summed E-state index contributed by atoms with van der Waals surface area (Å²) in [4.78, 5) is 15.4. The Labute approximate surface area is 98.0 Å². The molecule has 1 N–H and O–H groups in total. The number of carbonyl (C=O) groups excluding carboxylic acids is 1. The molecule has 1 aliphatic heterocycles. The van der Waals surface area contributed by atoms with E-state index < -0.39 is 0 Å². The Hall–Kier alpha value is -1.05. The number of rotatable bonds is 4. The lowest BCUT2D eigenvalue weighted by Gasteiger charge is -2.32. The molecule has 1 fully saturated rings. The van der Waals surface area contributed by atoms with E-state index in [-0.39, 0.29) is 5.91 Å². The first-order valence-electron chi connectivity index (χ1n) is 5.73. The second kappa shape index (κ2) is 6.51. The maximum Gasteiger partial charge on any atom is 0.236 e. The van der Waals surface area contributed by atoms with Crippen LogP contribution >= 0.6 is 0 Å². The average Bonchev–Trinajstić information content (AvgIpc) is 2.28. The van der Waals surface area contributed by atoms with Gasteiger partial charge in [-0.05, 0) is 12.8 Å². The van der Waals surface area contributed by atoms with Crippen molar-refractivity contribution in [2.45, 2.75) is 18.9 Å². The molecular formula is C12H21N3O. The van der Waals surface area contributed by atoms with E-state index in [9.17, 15) is 4.79 Å². The van der Waals surface area contributed by atoms with Gasteiger partial charge < -0.3 is 10.2 Å². The number of nitrogens with one attached hydrogen (secondary N) is 1. The molecule has 0 bridgehead atoms. The molecule has 0 aliphatic carbocycles. The number of carbonyl (C=O) groups is 1. The fourth-order valence-corrected chi connectivity index (χ4v) is 1.83. The minimum Gasteiger partial charge on any atom is -0.348 e. The summed E-state index contributed by atoms with van der Waals surface area (Å²) in [6.45, 7) is 3.12. The number of nitrogens with zero attached hydrogens (tertiary/aromatic N) is 2. The van der Waals surface area contributed by atoms with Crippen molar-refractivity contribution >= 4 is 5.91 Å². The Bertz CT molecular complexity index is 262. The number of likely N-dealkylation sites (N-methyl/N-ethyl adjacent to an activating group) is 1. The van der Waals surface area contributed by atoms with Gasteiger partial charge in [-0.15, -0.1) is 6.42 Å². The van der Waals surface area contributed by atoms with Crippen LogP contribution in [0.4, 0.5) is 0 Å². The molecule has 0 atom stereocenters. The van der Waals surface area contributed by atoms with Gasteiger partial charge in [0.15, 0.2) is 0 Å². The number of piperidine rings is 1. The third-order valence-corrected chi connectivity index (χ3v) is 2.94. The van der Waals surface area contributed by atoms with Crippen LogP contribution in [-0.2, 0) is 4.79 Å². The molecule has 1 saturated heterocycles. The summed E-state index contributed by atoms with van der Waals surface area (Å²) in [5.41, 5.74) is 0. The SMILES string of the molecule is C#CCNC1CCN(CC(=O)N(C)C)CC1. The summed E-state index contributed by atoms with van der Waals surface area (Å²) in [5, 5.41) is 3.31. The minimum atomic E-state index is 0.176. The largest absolute Gasteiger partial charge is 0.348 e. The van der Waals surface area contributed by atoms with Gasteiger partial charge in [-0.3, -0.25) is 9.69 Å². The molecule has 16 heavy (non-hydrogen) atoms. The zero-order chi connectivity index (χ0) is 12.0. The zero-order valence-electron chi connectivity index (χ0n) is 10.2. The number of amides is 1. The summed E-state index contributed by atoms with van der Waals surface area (Å²) >= 11 is 0. The van der Waals surface area contributed by atoms with Crippen LogP contribution in [0, 0.1) is 12.3 Å². The number of likely N-dealkylation sites (tertiary alicyclic amines) is 1. The summed E-state index contributed by atoms with van der Waals surface area (Å²) in [5.74, 6) is 2.76. The van der Waals surface area contributed by atoms with E-state index in [0.717, 1.165) is 25.9 Å². The van der Waals surface area contributed by atoms with Crippen LogP contribution < -0.4 is 5.32 Å². The van der Waals surface area contributed by atoms with Crippen molar-refractivity contribution in [3.8, 4) is 12.3 Å². The van der Waals surface area contributed by atoms with E-state index in [4.69, 9.17) is 6.42 Å². The molecule has 0 radical (unpaired) electrons. The number of hydrogen-bond donors (Lipinski definition) is 1. The lowest BCUT2D eigenvalue weighted by Crippen LogP contribution is -2.45. The number of hydrogen-bond acceptors (Lipinski definition) is 3. The van der Waals surface area contributed by atoms with Crippen LogP contribution in [0.3, 0.4) is 0 Å². The molecule has 0 saturated carbocycles. The third kappa shape index (κ3) is 4.21. The maximum absolute atomic E-state index is 11.5. The van der Waals surface area contributed by atoms with Crippen LogP contribution in [0.5, 0.6) is 0 Å². The Morgan fingerprint density at radius 2 is 2.12 bits per heavy atom. The molecule has 0 aromatic carbocycles. The Morgan fingerprint density at radius 3 is 2.62 bits per heavy atom. The molecule has 1 aliphatic rings. The smallest absolute Gasteiger partial charge is 0.236 e. The van der Waals surface area contributed by atoms with Gasteiger partial charge in [0.05, 0.1) is 13.1 Å². The van der Waals surface area contributed by atoms with Crippen molar-refractivity contribution < 1.29 is 4.79 Å². The van der Waals surface area contributed by atoms with Crippen LogP contribution in [0.1, 0.15) is 12.8 Å².